The Balaban J connectivity index is 2.00. The summed E-state index contributed by atoms with van der Waals surface area (Å²) in [6.45, 7) is 1.75. The molecule has 2 amide bonds. The highest BCUT2D eigenvalue weighted by Gasteiger charge is 2.25. The molecule has 7 heteroatoms. The number of para-hydroxylation sites is 1. The molecule has 0 fully saturated rings. The van der Waals surface area contributed by atoms with Gasteiger partial charge in [-0.2, -0.15) is 0 Å². The predicted octanol–water partition coefficient (Wildman–Crippen LogP) is 2.79. The Bertz CT molecular complexity index is 656. The zero-order chi connectivity index (χ0) is 16.9. The molecule has 0 aliphatic carbocycles. The smallest absolute Gasteiger partial charge is 0.319 e. The molecule has 0 radical (unpaired) electrons. The second-order valence-electron chi connectivity index (χ2n) is 5.10. The average molecular weight is 336 g/mol. The van der Waals surface area contributed by atoms with Crippen molar-refractivity contribution < 1.29 is 19.4 Å². The van der Waals surface area contributed by atoms with E-state index in [-0.39, 0.29) is 6.54 Å². The number of methoxy groups -OCH3 is 2. The third kappa shape index (κ3) is 4.14. The summed E-state index contributed by atoms with van der Waals surface area (Å²) in [6, 6.07) is 8.44. The van der Waals surface area contributed by atoms with Gasteiger partial charge in [0.15, 0.2) is 11.5 Å². The summed E-state index contributed by atoms with van der Waals surface area (Å²) in [6.07, 6.45) is 0. The van der Waals surface area contributed by atoms with Gasteiger partial charge in [-0.05, 0) is 30.5 Å². The summed E-state index contributed by atoms with van der Waals surface area (Å²) >= 11 is 1.44. The first-order valence-corrected chi connectivity index (χ1v) is 7.88. The fraction of sp³-hybridized carbons (Fsp3) is 0.312. The Kier molecular flexibility index (Phi) is 5.46. The van der Waals surface area contributed by atoms with Gasteiger partial charge in [-0.3, -0.25) is 0 Å². The minimum Gasteiger partial charge on any atom is -0.493 e. The summed E-state index contributed by atoms with van der Waals surface area (Å²) in [5.74, 6) is 0.964. The molecule has 23 heavy (non-hydrogen) atoms. The van der Waals surface area contributed by atoms with Crippen molar-refractivity contribution in [3.05, 3.63) is 40.6 Å². The molecule has 6 nitrogen and oxygen atoms in total. The van der Waals surface area contributed by atoms with Crippen LogP contribution in [0.1, 0.15) is 11.8 Å². The molecule has 3 N–H and O–H groups in total. The Hall–Kier alpha value is -2.25. The first-order valence-electron chi connectivity index (χ1n) is 7.00. The Morgan fingerprint density at radius 1 is 1.26 bits per heavy atom. The number of hydrogen-bond donors (Lipinski definition) is 3. The van der Waals surface area contributed by atoms with Crippen LogP contribution in [0.25, 0.3) is 0 Å². The lowest BCUT2D eigenvalue weighted by atomic mass is 10.1. The topological polar surface area (TPSA) is 79.8 Å². The van der Waals surface area contributed by atoms with Crippen molar-refractivity contribution >= 4 is 23.1 Å². The van der Waals surface area contributed by atoms with Crippen LogP contribution >= 0.6 is 11.3 Å². The van der Waals surface area contributed by atoms with Crippen molar-refractivity contribution in [1.29, 1.82) is 0 Å². The molecule has 1 atom stereocenters. The largest absolute Gasteiger partial charge is 0.493 e. The monoisotopic (exact) mass is 336 g/mol. The Morgan fingerprint density at radius 2 is 2.04 bits per heavy atom. The number of nitrogens with one attached hydrogen (secondary N) is 2. The number of anilines is 1. The van der Waals surface area contributed by atoms with Gasteiger partial charge in [-0.25, -0.2) is 4.79 Å². The maximum Gasteiger partial charge on any atom is 0.319 e. The van der Waals surface area contributed by atoms with Crippen LogP contribution in [0.5, 0.6) is 11.5 Å². The number of aliphatic hydroxyl groups is 1. The molecule has 0 saturated heterocycles. The number of carbonyl (C=O) groups excluding carboxylic acids is 1. The van der Waals surface area contributed by atoms with E-state index in [2.05, 4.69) is 10.6 Å². The zero-order valence-corrected chi connectivity index (χ0v) is 14.1. The first-order chi connectivity index (χ1) is 11.0. The van der Waals surface area contributed by atoms with Gasteiger partial charge in [0.05, 0.1) is 26.5 Å². The molecule has 0 saturated carbocycles. The summed E-state index contributed by atoms with van der Waals surface area (Å²) in [5.41, 5.74) is -0.635. The summed E-state index contributed by atoms with van der Waals surface area (Å²) in [4.78, 5) is 12.9. The average Bonchev–Trinajstić information content (AvgIpc) is 3.08. The highest BCUT2D eigenvalue weighted by Crippen LogP contribution is 2.34. The quantitative estimate of drug-likeness (QED) is 0.758. The fourth-order valence-corrected chi connectivity index (χ4v) is 2.86. The molecule has 0 aliphatic heterocycles. The zero-order valence-electron chi connectivity index (χ0n) is 13.3. The maximum absolute atomic E-state index is 12.1. The number of ether oxygens (including phenoxy) is 2. The number of benzene rings is 1. The number of urea groups is 1. The second kappa shape index (κ2) is 7.34. The van der Waals surface area contributed by atoms with E-state index in [9.17, 15) is 9.90 Å². The van der Waals surface area contributed by atoms with Crippen molar-refractivity contribution in [3.8, 4) is 11.5 Å². The number of rotatable bonds is 6. The number of thiophene rings is 1. The lowest BCUT2D eigenvalue weighted by Crippen LogP contribution is -2.40. The number of carbonyl (C=O) groups is 1. The van der Waals surface area contributed by atoms with Crippen molar-refractivity contribution in [3.63, 3.8) is 0 Å². The Labute approximate surface area is 139 Å². The summed E-state index contributed by atoms with van der Waals surface area (Å²) in [7, 11) is 3.03. The van der Waals surface area contributed by atoms with Gasteiger partial charge in [-0.15, -0.1) is 11.3 Å². The van der Waals surface area contributed by atoms with Crippen molar-refractivity contribution in [2.45, 2.75) is 12.5 Å². The number of hydrogen-bond acceptors (Lipinski definition) is 5. The van der Waals surface area contributed by atoms with Crippen molar-refractivity contribution in [2.24, 2.45) is 0 Å². The van der Waals surface area contributed by atoms with Crippen LogP contribution in [0.2, 0.25) is 0 Å². The lowest BCUT2D eigenvalue weighted by Gasteiger charge is -2.22. The van der Waals surface area contributed by atoms with Crippen LogP contribution in [0.15, 0.2) is 35.7 Å². The van der Waals surface area contributed by atoms with E-state index in [1.807, 2.05) is 17.5 Å². The first kappa shape index (κ1) is 17.1. The SMILES string of the molecule is COc1cccc(NC(=O)NCC(C)(O)c2cccs2)c1OC. The van der Waals surface area contributed by atoms with E-state index in [1.165, 1.54) is 25.6 Å². The van der Waals surface area contributed by atoms with Crippen molar-refractivity contribution in [1.82, 2.24) is 5.32 Å². The fourth-order valence-electron chi connectivity index (χ4n) is 2.08. The van der Waals surface area contributed by atoms with E-state index in [1.54, 1.807) is 25.1 Å². The van der Waals surface area contributed by atoms with Gasteiger partial charge < -0.3 is 25.2 Å². The molecule has 2 rings (SSSR count). The molecular formula is C16H20N2O4S. The van der Waals surface area contributed by atoms with Crippen LogP contribution in [-0.4, -0.2) is 31.9 Å². The van der Waals surface area contributed by atoms with Gasteiger partial charge in [-0.1, -0.05) is 12.1 Å². The van der Waals surface area contributed by atoms with E-state index >= 15 is 0 Å². The van der Waals surface area contributed by atoms with Gasteiger partial charge in [0.1, 0.15) is 5.60 Å². The van der Waals surface area contributed by atoms with Crippen LogP contribution in [0, 0.1) is 0 Å². The Morgan fingerprint density at radius 3 is 2.65 bits per heavy atom. The van der Waals surface area contributed by atoms with Crippen LogP contribution in [0.4, 0.5) is 10.5 Å². The molecule has 1 aromatic heterocycles. The van der Waals surface area contributed by atoms with Crippen LogP contribution < -0.4 is 20.1 Å². The summed E-state index contributed by atoms with van der Waals surface area (Å²) in [5, 5.41) is 17.6. The molecule has 0 bridgehead atoms. The van der Waals surface area contributed by atoms with Crippen LogP contribution in [0.3, 0.4) is 0 Å². The molecule has 0 spiro atoms. The van der Waals surface area contributed by atoms with Gasteiger partial charge in [0.25, 0.3) is 0 Å². The van der Waals surface area contributed by atoms with Gasteiger partial charge in [0, 0.05) is 4.88 Å². The van der Waals surface area contributed by atoms with Gasteiger partial charge in [0.2, 0.25) is 0 Å². The van der Waals surface area contributed by atoms with E-state index < -0.39 is 11.6 Å². The third-order valence-electron chi connectivity index (χ3n) is 3.30. The lowest BCUT2D eigenvalue weighted by molar-refractivity contribution is 0.0637. The number of amides is 2. The molecule has 124 valence electrons. The summed E-state index contributed by atoms with van der Waals surface area (Å²) < 4.78 is 10.4. The molecule has 2 aromatic rings. The van der Waals surface area contributed by atoms with E-state index in [0.717, 1.165) is 4.88 Å². The van der Waals surface area contributed by atoms with Crippen LogP contribution in [-0.2, 0) is 5.60 Å². The predicted molar refractivity (Wildman–Crippen MR) is 90.5 cm³/mol. The standard InChI is InChI=1S/C16H20N2O4S/c1-16(20,13-8-5-9-23-13)10-17-15(19)18-11-6-4-7-12(21-2)14(11)22-3/h4-9,20H,10H2,1-3H3,(H2,17,18,19). The molecule has 0 aliphatic rings. The highest BCUT2D eigenvalue weighted by atomic mass is 32.1. The van der Waals surface area contributed by atoms with E-state index in [0.29, 0.717) is 17.2 Å². The molecule has 1 unspecified atom stereocenters. The third-order valence-corrected chi connectivity index (χ3v) is 4.42. The molecule has 1 aromatic carbocycles. The molecular weight excluding hydrogens is 316 g/mol. The second-order valence-corrected chi connectivity index (χ2v) is 6.05. The minimum absolute atomic E-state index is 0.0889. The van der Waals surface area contributed by atoms with Gasteiger partial charge >= 0.3 is 6.03 Å². The highest BCUT2D eigenvalue weighted by molar-refractivity contribution is 7.10. The normalized spacial score (nSPS) is 13.0. The minimum atomic E-state index is -1.12. The van der Waals surface area contributed by atoms with Crippen molar-refractivity contribution in [2.75, 3.05) is 26.1 Å². The molecule has 1 heterocycles. The van der Waals surface area contributed by atoms with E-state index in [4.69, 9.17) is 9.47 Å². The maximum atomic E-state index is 12.1.